The van der Waals surface area contributed by atoms with Crippen molar-refractivity contribution >= 4 is 34.6 Å². The molecule has 7 nitrogen and oxygen atoms in total. The molecule has 1 fully saturated rings. The Morgan fingerprint density at radius 3 is 2.86 bits per heavy atom. The predicted molar refractivity (Wildman–Crippen MR) is 133 cm³/mol. The Balaban J connectivity index is 1.44. The van der Waals surface area contributed by atoms with Crippen LogP contribution in [0.2, 0.25) is 5.02 Å². The van der Waals surface area contributed by atoms with Crippen molar-refractivity contribution in [2.75, 3.05) is 18.4 Å². The summed E-state index contributed by atoms with van der Waals surface area (Å²) in [6.45, 7) is 4.94. The van der Waals surface area contributed by atoms with Crippen LogP contribution in [0.1, 0.15) is 35.7 Å². The molecule has 0 spiro atoms. The largest absolute Gasteiger partial charge is 0.424 e. The van der Waals surface area contributed by atoms with Gasteiger partial charge in [-0.3, -0.25) is 4.79 Å². The second-order valence-electron chi connectivity index (χ2n) is 8.92. The van der Waals surface area contributed by atoms with Gasteiger partial charge in [0.2, 0.25) is 0 Å². The van der Waals surface area contributed by atoms with E-state index in [2.05, 4.69) is 27.2 Å². The normalized spacial score (nSPS) is 18.1. The number of aromatic nitrogens is 3. The number of oxazole rings is 1. The topological polar surface area (TPSA) is 84.2 Å². The molecule has 1 aliphatic heterocycles. The zero-order chi connectivity index (χ0) is 24.5. The minimum atomic E-state index is -0.428. The lowest BCUT2D eigenvalue weighted by Crippen LogP contribution is -2.51. The Morgan fingerprint density at radius 2 is 2.06 bits per heavy atom. The number of aryl methyl sites for hydroxylation is 1. The van der Waals surface area contributed by atoms with Crippen LogP contribution in [-0.4, -0.2) is 44.9 Å². The van der Waals surface area contributed by atoms with E-state index in [1.165, 1.54) is 12.1 Å². The van der Waals surface area contributed by atoms with Gasteiger partial charge in [-0.25, -0.2) is 14.4 Å². The van der Waals surface area contributed by atoms with E-state index in [1.54, 1.807) is 43.6 Å². The molecule has 1 saturated heterocycles. The summed E-state index contributed by atoms with van der Waals surface area (Å²) in [6.07, 6.45) is 5.05. The zero-order valence-corrected chi connectivity index (χ0v) is 20.2. The fourth-order valence-corrected chi connectivity index (χ4v) is 4.93. The van der Waals surface area contributed by atoms with E-state index in [0.29, 0.717) is 57.7 Å². The zero-order valence-electron chi connectivity index (χ0n) is 19.5. The molecule has 5 rings (SSSR count). The van der Waals surface area contributed by atoms with Gasteiger partial charge < -0.3 is 14.6 Å². The number of rotatable bonds is 5. The maximum absolute atomic E-state index is 14.3. The molecule has 0 bridgehead atoms. The molecular weight excluding hydrogens is 469 g/mol. The van der Waals surface area contributed by atoms with Crippen LogP contribution in [0.5, 0.6) is 0 Å². The van der Waals surface area contributed by atoms with Gasteiger partial charge in [-0.2, -0.15) is 4.98 Å². The average Bonchev–Trinajstić information content (AvgIpc) is 3.25. The summed E-state index contributed by atoms with van der Waals surface area (Å²) in [5, 5.41) is 3.84. The fourth-order valence-electron chi connectivity index (χ4n) is 4.76. The lowest BCUT2D eigenvalue weighted by Gasteiger charge is -2.40. The second kappa shape index (κ2) is 9.62. The number of hydrogen-bond donors (Lipinski definition) is 1. The number of carbonyl (C=O) groups excluding carboxylic acids is 1. The van der Waals surface area contributed by atoms with Gasteiger partial charge in [-0.15, -0.1) is 0 Å². The highest BCUT2D eigenvalue weighted by Gasteiger charge is 2.34. The monoisotopic (exact) mass is 493 g/mol. The summed E-state index contributed by atoms with van der Waals surface area (Å²) < 4.78 is 20.1. The van der Waals surface area contributed by atoms with Crippen molar-refractivity contribution in [3.63, 3.8) is 0 Å². The molecule has 0 aliphatic carbocycles. The maximum Gasteiger partial charge on any atom is 0.295 e. The van der Waals surface area contributed by atoms with Crippen molar-refractivity contribution in [2.45, 2.75) is 32.7 Å². The number of fused-ring (bicyclic) bond motifs is 1. The first-order chi connectivity index (χ1) is 16.9. The summed E-state index contributed by atoms with van der Waals surface area (Å²) >= 11 is 6.05. The third-order valence-electron chi connectivity index (χ3n) is 6.51. The molecule has 1 N–H and O–H groups in total. The van der Waals surface area contributed by atoms with E-state index in [0.717, 1.165) is 12.8 Å². The Hall–Kier alpha value is -3.52. The van der Waals surface area contributed by atoms with Crippen LogP contribution in [0.4, 0.5) is 10.4 Å². The minimum Gasteiger partial charge on any atom is -0.424 e. The molecule has 180 valence electrons. The lowest BCUT2D eigenvalue weighted by molar-refractivity contribution is 0.0539. The standard InChI is InChI=1S/C26H25ClFN5O2/c1-15-5-3-10-33(21(15)14-31-26-32-20-7-6-17(27)12-22(20)35-26)25(34)23-16(2)11-18(28)13-19(23)24-29-8-4-9-30-24/h4,6-9,11-13,15,21H,3,5,10,14H2,1-2H3,(H,31,32)/t15-,21-/m1/s1. The predicted octanol–water partition coefficient (Wildman–Crippen LogP) is 5.74. The van der Waals surface area contributed by atoms with Gasteiger partial charge in [-0.05, 0) is 61.6 Å². The molecule has 1 amide bonds. The molecule has 0 unspecified atom stereocenters. The number of piperidine rings is 1. The van der Waals surface area contributed by atoms with Gasteiger partial charge >= 0.3 is 0 Å². The van der Waals surface area contributed by atoms with E-state index in [4.69, 9.17) is 16.0 Å². The number of nitrogens with zero attached hydrogens (tertiary/aromatic N) is 4. The van der Waals surface area contributed by atoms with E-state index < -0.39 is 5.82 Å². The molecule has 2 aromatic heterocycles. The van der Waals surface area contributed by atoms with E-state index in [1.807, 2.05) is 4.90 Å². The molecule has 2 aromatic carbocycles. The first-order valence-electron chi connectivity index (χ1n) is 11.6. The highest BCUT2D eigenvalue weighted by Crippen LogP contribution is 2.31. The summed E-state index contributed by atoms with van der Waals surface area (Å²) in [5.74, 6) is -0.0185. The summed E-state index contributed by atoms with van der Waals surface area (Å²) in [7, 11) is 0. The second-order valence-corrected chi connectivity index (χ2v) is 9.35. The molecule has 3 heterocycles. The van der Waals surface area contributed by atoms with Gasteiger partial charge in [0.25, 0.3) is 11.9 Å². The lowest BCUT2D eigenvalue weighted by atomic mass is 9.89. The number of halogens is 2. The third-order valence-corrected chi connectivity index (χ3v) is 6.75. The Kier molecular flexibility index (Phi) is 6.38. The van der Waals surface area contributed by atoms with Gasteiger partial charge in [0.15, 0.2) is 11.4 Å². The molecule has 4 aromatic rings. The first-order valence-corrected chi connectivity index (χ1v) is 12.0. The highest BCUT2D eigenvalue weighted by atomic mass is 35.5. The number of likely N-dealkylation sites (tertiary alicyclic amines) is 1. The third kappa shape index (κ3) is 4.71. The summed E-state index contributed by atoms with van der Waals surface area (Å²) in [6, 6.07) is 9.95. The quantitative estimate of drug-likeness (QED) is 0.381. The van der Waals surface area contributed by atoms with Gasteiger partial charge in [0.05, 0.1) is 11.6 Å². The van der Waals surface area contributed by atoms with Crippen molar-refractivity contribution < 1.29 is 13.6 Å². The van der Waals surface area contributed by atoms with Gasteiger partial charge in [0.1, 0.15) is 11.3 Å². The van der Waals surface area contributed by atoms with Crippen LogP contribution in [0.25, 0.3) is 22.5 Å². The molecule has 9 heteroatoms. The minimum absolute atomic E-state index is 0.108. The van der Waals surface area contributed by atoms with E-state index >= 15 is 0 Å². The van der Waals surface area contributed by atoms with Crippen molar-refractivity contribution in [2.24, 2.45) is 5.92 Å². The number of amides is 1. The van der Waals surface area contributed by atoms with Crippen LogP contribution in [0.15, 0.2) is 53.2 Å². The van der Waals surface area contributed by atoms with Crippen LogP contribution < -0.4 is 5.32 Å². The molecule has 35 heavy (non-hydrogen) atoms. The van der Waals surface area contributed by atoms with Crippen molar-refractivity contribution in [1.29, 1.82) is 0 Å². The van der Waals surface area contributed by atoms with E-state index in [-0.39, 0.29) is 17.9 Å². The molecule has 0 radical (unpaired) electrons. The van der Waals surface area contributed by atoms with Crippen LogP contribution in [0, 0.1) is 18.7 Å². The van der Waals surface area contributed by atoms with Crippen LogP contribution >= 0.6 is 11.6 Å². The van der Waals surface area contributed by atoms with Crippen molar-refractivity contribution in [3.05, 3.63) is 70.8 Å². The van der Waals surface area contributed by atoms with Crippen molar-refractivity contribution in [1.82, 2.24) is 19.9 Å². The Morgan fingerprint density at radius 1 is 1.26 bits per heavy atom. The highest BCUT2D eigenvalue weighted by molar-refractivity contribution is 6.31. The maximum atomic E-state index is 14.3. The molecule has 1 aliphatic rings. The first kappa shape index (κ1) is 23.2. The van der Waals surface area contributed by atoms with Crippen molar-refractivity contribution in [3.8, 4) is 11.4 Å². The smallest absolute Gasteiger partial charge is 0.295 e. The summed E-state index contributed by atoms with van der Waals surface area (Å²) in [4.78, 5) is 28.8. The molecule has 0 saturated carbocycles. The number of anilines is 1. The SMILES string of the molecule is Cc1cc(F)cc(-c2ncccn2)c1C(=O)N1CCC[C@@H](C)[C@H]1CNc1nc2ccc(Cl)cc2o1. The van der Waals surface area contributed by atoms with Crippen LogP contribution in [-0.2, 0) is 0 Å². The number of hydrogen-bond acceptors (Lipinski definition) is 6. The number of carbonyl (C=O) groups is 1. The van der Waals surface area contributed by atoms with Gasteiger partial charge in [-0.1, -0.05) is 18.5 Å². The van der Waals surface area contributed by atoms with Gasteiger partial charge in [0, 0.05) is 42.1 Å². The number of benzene rings is 2. The van der Waals surface area contributed by atoms with E-state index in [9.17, 15) is 9.18 Å². The Bertz CT molecular complexity index is 1380. The molecular formula is C26H25ClFN5O2. The Labute approximate surface area is 207 Å². The average molecular weight is 494 g/mol. The molecule has 2 atom stereocenters. The van der Waals surface area contributed by atoms with Crippen LogP contribution in [0.3, 0.4) is 0 Å². The fraction of sp³-hybridized carbons (Fsp3) is 0.308. The summed E-state index contributed by atoms with van der Waals surface area (Å²) in [5.41, 5.74) is 2.68. The number of nitrogens with one attached hydrogen (secondary N) is 1.